The number of carbonyl (C=O) groups is 2. The number of carboxylic acids is 1. The Morgan fingerprint density at radius 1 is 1.06 bits per heavy atom. The van der Waals surface area contributed by atoms with Gasteiger partial charge in [-0.3, -0.25) is 9.59 Å². The van der Waals surface area contributed by atoms with E-state index < -0.39 is 17.5 Å². The highest BCUT2D eigenvalue weighted by Crippen LogP contribution is 2.77. The molecule has 1 aliphatic heterocycles. The van der Waals surface area contributed by atoms with Crippen LogP contribution in [0.3, 0.4) is 0 Å². The van der Waals surface area contributed by atoms with Crippen LogP contribution in [0, 0.1) is 38.9 Å². The van der Waals surface area contributed by atoms with Crippen molar-refractivity contribution in [2.24, 2.45) is 38.9 Å². The molecular weight excluding hydrogens is 456 g/mol. The Kier molecular flexibility index (Phi) is 6.19. The summed E-state index contributed by atoms with van der Waals surface area (Å²) in [6.45, 7) is 18.8. The molecule has 1 saturated heterocycles. The zero-order valence-corrected chi connectivity index (χ0v) is 22.8. The maximum atomic E-state index is 12.8. The number of aliphatic carboxylic acids is 1. The Labute approximate surface area is 214 Å². The Hall–Kier alpha value is -2.34. The van der Waals surface area contributed by atoms with Crippen molar-refractivity contribution in [3.05, 3.63) is 48.6 Å². The SMILES string of the molecule is C=C1O[C@@H](c2ccoc2)[C@]2(C)CCC3C4(C)C=CC(=O)C(C)(C)C4CCC3(C)C2(C)C1O.CC(=O)O. The van der Waals surface area contributed by atoms with Crippen LogP contribution in [0.1, 0.15) is 85.8 Å². The van der Waals surface area contributed by atoms with Crippen LogP contribution in [0.4, 0.5) is 0 Å². The second-order valence-electron chi connectivity index (χ2n) is 12.9. The second-order valence-corrected chi connectivity index (χ2v) is 12.9. The van der Waals surface area contributed by atoms with Gasteiger partial charge in [-0.1, -0.05) is 54.2 Å². The van der Waals surface area contributed by atoms with Crippen molar-refractivity contribution < 1.29 is 29.0 Å². The maximum Gasteiger partial charge on any atom is 0.300 e. The van der Waals surface area contributed by atoms with E-state index in [1.54, 1.807) is 12.5 Å². The highest BCUT2D eigenvalue weighted by molar-refractivity contribution is 5.95. The zero-order chi connectivity index (χ0) is 26.9. The molecule has 198 valence electrons. The van der Waals surface area contributed by atoms with Crippen molar-refractivity contribution in [3.8, 4) is 0 Å². The Morgan fingerprint density at radius 2 is 1.64 bits per heavy atom. The van der Waals surface area contributed by atoms with E-state index in [0.29, 0.717) is 17.6 Å². The van der Waals surface area contributed by atoms with Gasteiger partial charge < -0.3 is 19.4 Å². The van der Waals surface area contributed by atoms with Crippen LogP contribution >= 0.6 is 0 Å². The Morgan fingerprint density at radius 3 is 2.22 bits per heavy atom. The van der Waals surface area contributed by atoms with Gasteiger partial charge in [0.05, 0.1) is 12.5 Å². The fourth-order valence-corrected chi connectivity index (χ4v) is 9.03. The molecule has 1 aromatic rings. The number of aliphatic hydroxyl groups excluding tert-OH is 1. The first kappa shape index (κ1) is 26.7. The van der Waals surface area contributed by atoms with Crippen LogP contribution in [-0.2, 0) is 14.3 Å². The lowest BCUT2D eigenvalue weighted by Crippen LogP contribution is -2.70. The number of aliphatic hydroxyl groups is 1. The molecule has 4 aliphatic rings. The van der Waals surface area contributed by atoms with E-state index in [1.165, 1.54) is 0 Å². The molecule has 6 nitrogen and oxygen atoms in total. The maximum absolute atomic E-state index is 12.8. The number of hydrogen-bond donors (Lipinski definition) is 2. The normalized spacial score (nSPS) is 44.8. The number of carboxylic acid groups (broad SMARTS) is 1. The van der Waals surface area contributed by atoms with E-state index >= 15 is 0 Å². The summed E-state index contributed by atoms with van der Waals surface area (Å²) in [5.41, 5.74) is -0.287. The highest BCUT2D eigenvalue weighted by Gasteiger charge is 2.74. The number of carbonyl (C=O) groups excluding carboxylic acids is 1. The number of allylic oxidation sites excluding steroid dienone is 2. The lowest BCUT2D eigenvalue weighted by atomic mass is 9.32. The van der Waals surface area contributed by atoms with Gasteiger partial charge in [-0.15, -0.1) is 0 Å². The molecule has 3 fully saturated rings. The van der Waals surface area contributed by atoms with Crippen molar-refractivity contribution in [2.45, 2.75) is 86.4 Å². The van der Waals surface area contributed by atoms with Crippen LogP contribution < -0.4 is 0 Å². The Balaban J connectivity index is 0.000000709. The molecule has 5 rings (SSSR count). The topological polar surface area (TPSA) is 97.0 Å². The second kappa shape index (κ2) is 8.34. The first-order valence-corrected chi connectivity index (χ1v) is 13.1. The number of ketones is 1. The molecule has 8 atom stereocenters. The molecule has 2 saturated carbocycles. The quantitative estimate of drug-likeness (QED) is 0.470. The summed E-state index contributed by atoms with van der Waals surface area (Å²) in [4.78, 5) is 21.8. The summed E-state index contributed by atoms with van der Waals surface area (Å²) >= 11 is 0. The molecule has 0 aromatic carbocycles. The summed E-state index contributed by atoms with van der Waals surface area (Å²) in [5, 5.41) is 19.1. The largest absolute Gasteiger partial charge is 0.487 e. The summed E-state index contributed by atoms with van der Waals surface area (Å²) in [5.74, 6) is 0.541. The first-order valence-electron chi connectivity index (χ1n) is 13.1. The third-order valence-corrected chi connectivity index (χ3v) is 11.2. The monoisotopic (exact) mass is 498 g/mol. The highest BCUT2D eigenvalue weighted by atomic mass is 16.5. The third kappa shape index (κ3) is 3.32. The Bertz CT molecular complexity index is 1080. The zero-order valence-electron chi connectivity index (χ0n) is 22.8. The molecule has 3 aliphatic carbocycles. The van der Waals surface area contributed by atoms with Crippen molar-refractivity contribution in [1.29, 1.82) is 0 Å². The molecule has 36 heavy (non-hydrogen) atoms. The predicted octanol–water partition coefficient (Wildman–Crippen LogP) is 6.33. The van der Waals surface area contributed by atoms with Crippen molar-refractivity contribution in [1.82, 2.24) is 0 Å². The standard InChI is InChI=1S/C28H38O4.C2H4O2/c1-17-22(30)28(7)26(5)13-8-19-24(2,3)21(29)10-12-25(19,4)20(26)9-14-27(28,6)23(32-17)18-11-15-31-16-18;1-2(3)4/h10-12,15-16,19-20,22-23,30H,1,8-9,13-14H2,2-7H3;1H3,(H,3,4)/t19?,20?,22?,23-,25?,26?,27-,28?;/m0./s1. The van der Waals surface area contributed by atoms with Crippen LogP contribution in [0.5, 0.6) is 0 Å². The summed E-state index contributed by atoms with van der Waals surface area (Å²) in [7, 11) is 0. The van der Waals surface area contributed by atoms with E-state index in [-0.39, 0.29) is 33.5 Å². The molecular formula is C30H42O6. The molecule has 6 heteroatoms. The molecule has 0 amide bonds. The lowest BCUT2D eigenvalue weighted by Gasteiger charge is -2.73. The van der Waals surface area contributed by atoms with E-state index in [2.05, 4.69) is 54.2 Å². The number of hydrogen-bond acceptors (Lipinski definition) is 5. The average Bonchev–Trinajstić information content (AvgIpc) is 3.31. The van der Waals surface area contributed by atoms with Gasteiger partial charge in [0.2, 0.25) is 0 Å². The van der Waals surface area contributed by atoms with E-state index in [1.807, 2.05) is 12.1 Å². The third-order valence-electron chi connectivity index (χ3n) is 11.2. The molecule has 6 unspecified atom stereocenters. The van der Waals surface area contributed by atoms with Crippen molar-refractivity contribution in [3.63, 3.8) is 0 Å². The molecule has 0 spiro atoms. The van der Waals surface area contributed by atoms with Crippen molar-refractivity contribution >= 4 is 11.8 Å². The van der Waals surface area contributed by atoms with Gasteiger partial charge in [-0.2, -0.15) is 0 Å². The molecule has 0 radical (unpaired) electrons. The van der Waals surface area contributed by atoms with Gasteiger partial charge in [0.15, 0.2) is 5.78 Å². The number of fused-ring (bicyclic) bond motifs is 5. The first-order chi connectivity index (χ1) is 16.6. The van der Waals surface area contributed by atoms with Gasteiger partial charge in [-0.25, -0.2) is 0 Å². The predicted molar refractivity (Wildman–Crippen MR) is 137 cm³/mol. The smallest absolute Gasteiger partial charge is 0.300 e. The van der Waals surface area contributed by atoms with Crippen molar-refractivity contribution in [2.75, 3.05) is 0 Å². The fourth-order valence-electron chi connectivity index (χ4n) is 9.03. The number of furan rings is 1. The minimum absolute atomic E-state index is 0.0841. The number of ether oxygens (including phenoxy) is 1. The molecule has 2 heterocycles. The van der Waals surface area contributed by atoms with E-state index in [0.717, 1.165) is 38.2 Å². The summed E-state index contributed by atoms with van der Waals surface area (Å²) < 4.78 is 11.7. The van der Waals surface area contributed by atoms with Gasteiger partial charge in [0.25, 0.3) is 5.97 Å². The van der Waals surface area contributed by atoms with Gasteiger partial charge >= 0.3 is 0 Å². The summed E-state index contributed by atoms with van der Waals surface area (Å²) in [6, 6.07) is 1.98. The molecule has 0 bridgehead atoms. The lowest BCUT2D eigenvalue weighted by molar-refractivity contribution is -0.291. The summed E-state index contributed by atoms with van der Waals surface area (Å²) in [6.07, 6.45) is 10.5. The van der Waals surface area contributed by atoms with E-state index in [4.69, 9.17) is 19.1 Å². The fraction of sp³-hybridized carbons (Fsp3) is 0.667. The van der Waals surface area contributed by atoms with Crippen LogP contribution in [0.2, 0.25) is 0 Å². The van der Waals surface area contributed by atoms with E-state index in [9.17, 15) is 9.90 Å². The average molecular weight is 499 g/mol. The van der Waals surface area contributed by atoms with Crippen LogP contribution in [0.25, 0.3) is 0 Å². The van der Waals surface area contributed by atoms with Gasteiger partial charge in [-0.05, 0) is 60.5 Å². The number of rotatable bonds is 1. The van der Waals surface area contributed by atoms with Gasteiger partial charge in [0, 0.05) is 28.7 Å². The minimum Gasteiger partial charge on any atom is -0.487 e. The van der Waals surface area contributed by atoms with Gasteiger partial charge in [0.1, 0.15) is 18.0 Å². The van der Waals surface area contributed by atoms with Crippen LogP contribution in [0.15, 0.2) is 47.5 Å². The molecule has 2 N–H and O–H groups in total. The molecule has 1 aromatic heterocycles. The minimum atomic E-state index is -0.833. The van der Waals surface area contributed by atoms with Crippen LogP contribution in [-0.4, -0.2) is 28.1 Å².